The molecule has 1 fully saturated rings. The predicted molar refractivity (Wildman–Crippen MR) is 80.3 cm³/mol. The molecule has 1 heterocycles. The lowest BCUT2D eigenvalue weighted by molar-refractivity contribution is 0.256. The molecular weight excluding hydrogens is 257 g/mol. The smallest absolute Gasteiger partial charge is 0.185 e. The van der Waals surface area contributed by atoms with Gasteiger partial charge in [-0.2, -0.15) is 0 Å². The summed E-state index contributed by atoms with van der Waals surface area (Å²) in [5.74, 6) is -0.0294. The van der Waals surface area contributed by atoms with Crippen molar-refractivity contribution in [1.29, 1.82) is 0 Å². The van der Waals surface area contributed by atoms with Crippen LogP contribution in [0, 0.1) is 5.82 Å². The molecule has 4 N–H and O–H groups in total. The van der Waals surface area contributed by atoms with Gasteiger partial charge in [0.1, 0.15) is 5.82 Å². The molecule has 0 spiro atoms. The lowest BCUT2D eigenvalue weighted by Crippen LogP contribution is -2.46. The average Bonchev–Trinajstić information content (AvgIpc) is 2.45. The highest BCUT2D eigenvalue weighted by atomic mass is 19.1. The van der Waals surface area contributed by atoms with E-state index in [4.69, 9.17) is 11.5 Å². The molecule has 6 heteroatoms. The molecule has 0 amide bonds. The molecule has 1 aromatic rings. The molecule has 110 valence electrons. The van der Waals surface area contributed by atoms with E-state index in [1.165, 1.54) is 12.1 Å². The molecule has 0 radical (unpaired) electrons. The maximum atomic E-state index is 12.9. The van der Waals surface area contributed by atoms with E-state index in [1.54, 1.807) is 0 Å². The summed E-state index contributed by atoms with van der Waals surface area (Å²) < 4.78 is 12.9. The van der Waals surface area contributed by atoms with Crippen LogP contribution in [-0.2, 0) is 0 Å². The Balaban J connectivity index is 1.72. The van der Waals surface area contributed by atoms with Crippen LogP contribution in [0.1, 0.15) is 6.42 Å². The second-order valence-electron chi connectivity index (χ2n) is 4.97. The summed E-state index contributed by atoms with van der Waals surface area (Å²) >= 11 is 0. The van der Waals surface area contributed by atoms with Gasteiger partial charge >= 0.3 is 0 Å². The van der Waals surface area contributed by atoms with Gasteiger partial charge in [0.25, 0.3) is 0 Å². The fraction of sp³-hybridized carbons (Fsp3) is 0.500. The second kappa shape index (κ2) is 7.09. The van der Waals surface area contributed by atoms with Gasteiger partial charge in [0.05, 0.1) is 0 Å². The minimum Gasteiger partial charge on any atom is -0.370 e. The summed E-state index contributed by atoms with van der Waals surface area (Å²) in [6.07, 6.45) is 0.967. The molecule has 1 aromatic carbocycles. The van der Waals surface area contributed by atoms with E-state index < -0.39 is 0 Å². The van der Waals surface area contributed by atoms with Gasteiger partial charge in [-0.05, 0) is 30.7 Å². The van der Waals surface area contributed by atoms with Gasteiger partial charge in [0.2, 0.25) is 0 Å². The van der Waals surface area contributed by atoms with Crippen molar-refractivity contribution < 1.29 is 4.39 Å². The minimum absolute atomic E-state index is 0.158. The second-order valence-corrected chi connectivity index (χ2v) is 4.97. The molecule has 0 aliphatic carbocycles. The zero-order chi connectivity index (χ0) is 14.4. The van der Waals surface area contributed by atoms with Crippen molar-refractivity contribution in [3.63, 3.8) is 0 Å². The Labute approximate surface area is 119 Å². The Hall–Kier alpha value is -1.82. The van der Waals surface area contributed by atoms with Crippen LogP contribution in [0.4, 0.5) is 10.1 Å². The maximum Gasteiger partial charge on any atom is 0.185 e. The van der Waals surface area contributed by atoms with Crippen LogP contribution in [0.15, 0.2) is 29.3 Å². The van der Waals surface area contributed by atoms with Gasteiger partial charge in [-0.1, -0.05) is 0 Å². The van der Waals surface area contributed by atoms with Crippen molar-refractivity contribution in [3.05, 3.63) is 30.1 Å². The number of aliphatic imine (C=N–C) groups is 1. The van der Waals surface area contributed by atoms with Crippen LogP contribution in [0.2, 0.25) is 0 Å². The Morgan fingerprint density at radius 3 is 2.35 bits per heavy atom. The van der Waals surface area contributed by atoms with E-state index in [0.29, 0.717) is 6.54 Å². The largest absolute Gasteiger partial charge is 0.370 e. The first-order chi connectivity index (χ1) is 9.65. The number of hydrogen-bond acceptors (Lipinski definition) is 3. The van der Waals surface area contributed by atoms with Crippen LogP contribution >= 0.6 is 0 Å². The number of hydrogen-bond donors (Lipinski definition) is 2. The molecule has 0 atom stereocenters. The number of halogens is 1. The number of rotatable bonds is 5. The highest BCUT2D eigenvalue weighted by Crippen LogP contribution is 2.16. The number of guanidine groups is 1. The quantitative estimate of drug-likeness (QED) is 0.471. The van der Waals surface area contributed by atoms with E-state index in [1.807, 2.05) is 12.1 Å². The average molecular weight is 279 g/mol. The summed E-state index contributed by atoms with van der Waals surface area (Å²) in [5.41, 5.74) is 11.7. The molecule has 0 bridgehead atoms. The van der Waals surface area contributed by atoms with Crippen molar-refractivity contribution >= 4 is 11.6 Å². The Bertz CT molecular complexity index is 433. The summed E-state index contributed by atoms with van der Waals surface area (Å²) in [4.78, 5) is 8.67. The number of anilines is 1. The Morgan fingerprint density at radius 1 is 1.10 bits per heavy atom. The standard InChI is InChI=1S/C14H22FN5/c15-12-2-4-13(5-3-12)20-10-8-19(9-11-20)7-1-6-18-14(16)17/h2-5H,1,6-11H2,(H4,16,17,18). The molecule has 5 nitrogen and oxygen atoms in total. The van der Waals surface area contributed by atoms with E-state index in [-0.39, 0.29) is 11.8 Å². The van der Waals surface area contributed by atoms with E-state index >= 15 is 0 Å². The lowest BCUT2D eigenvalue weighted by Gasteiger charge is -2.36. The first-order valence-corrected chi connectivity index (χ1v) is 6.93. The van der Waals surface area contributed by atoms with Crippen molar-refractivity contribution in [1.82, 2.24) is 4.90 Å². The van der Waals surface area contributed by atoms with Gasteiger partial charge in [0, 0.05) is 45.0 Å². The van der Waals surface area contributed by atoms with Gasteiger partial charge in [0.15, 0.2) is 5.96 Å². The molecule has 1 saturated heterocycles. The van der Waals surface area contributed by atoms with Gasteiger partial charge in [-0.3, -0.25) is 9.89 Å². The van der Waals surface area contributed by atoms with Crippen molar-refractivity contribution in [2.24, 2.45) is 16.5 Å². The first kappa shape index (κ1) is 14.6. The van der Waals surface area contributed by atoms with Crippen LogP contribution < -0.4 is 16.4 Å². The van der Waals surface area contributed by atoms with E-state index in [2.05, 4.69) is 14.8 Å². The third kappa shape index (κ3) is 4.38. The van der Waals surface area contributed by atoms with Crippen molar-refractivity contribution in [3.8, 4) is 0 Å². The van der Waals surface area contributed by atoms with Crippen LogP contribution in [0.3, 0.4) is 0 Å². The maximum absolute atomic E-state index is 12.9. The number of nitrogens with two attached hydrogens (primary N) is 2. The monoisotopic (exact) mass is 279 g/mol. The SMILES string of the molecule is NC(N)=NCCCN1CCN(c2ccc(F)cc2)CC1. The highest BCUT2D eigenvalue weighted by molar-refractivity contribution is 5.75. The molecule has 1 aliphatic rings. The fourth-order valence-electron chi connectivity index (χ4n) is 2.38. The third-order valence-corrected chi connectivity index (χ3v) is 3.49. The first-order valence-electron chi connectivity index (χ1n) is 6.93. The third-order valence-electron chi connectivity index (χ3n) is 3.49. The minimum atomic E-state index is -0.188. The Morgan fingerprint density at radius 2 is 1.75 bits per heavy atom. The van der Waals surface area contributed by atoms with Crippen LogP contribution in [0.5, 0.6) is 0 Å². The molecule has 0 unspecified atom stereocenters. The molecule has 0 aromatic heterocycles. The van der Waals surface area contributed by atoms with Gasteiger partial charge < -0.3 is 16.4 Å². The zero-order valence-corrected chi connectivity index (χ0v) is 11.6. The highest BCUT2D eigenvalue weighted by Gasteiger charge is 2.16. The van der Waals surface area contributed by atoms with Crippen LogP contribution in [0.25, 0.3) is 0 Å². The molecule has 20 heavy (non-hydrogen) atoms. The van der Waals surface area contributed by atoms with Gasteiger partial charge in [-0.25, -0.2) is 4.39 Å². The van der Waals surface area contributed by atoms with E-state index in [0.717, 1.165) is 44.8 Å². The predicted octanol–water partition coefficient (Wildman–Crippen LogP) is 0.611. The summed E-state index contributed by atoms with van der Waals surface area (Å²) in [5, 5.41) is 0. The van der Waals surface area contributed by atoms with Crippen molar-refractivity contribution in [2.75, 3.05) is 44.2 Å². The number of piperazine rings is 1. The molecule has 0 saturated carbocycles. The fourth-order valence-corrected chi connectivity index (χ4v) is 2.38. The molecule has 2 rings (SSSR count). The molecule has 1 aliphatic heterocycles. The number of nitrogens with zero attached hydrogens (tertiary/aromatic N) is 3. The topological polar surface area (TPSA) is 70.9 Å². The molecular formula is C14H22FN5. The number of benzene rings is 1. The normalized spacial score (nSPS) is 16.1. The van der Waals surface area contributed by atoms with Crippen molar-refractivity contribution in [2.45, 2.75) is 6.42 Å². The Kier molecular flexibility index (Phi) is 5.17. The summed E-state index contributed by atoms with van der Waals surface area (Å²) in [6, 6.07) is 6.70. The summed E-state index contributed by atoms with van der Waals surface area (Å²) in [6.45, 7) is 5.65. The lowest BCUT2D eigenvalue weighted by atomic mass is 10.2. The van der Waals surface area contributed by atoms with Crippen LogP contribution in [-0.4, -0.2) is 50.1 Å². The van der Waals surface area contributed by atoms with Gasteiger partial charge in [-0.15, -0.1) is 0 Å². The zero-order valence-electron chi connectivity index (χ0n) is 11.6. The van der Waals surface area contributed by atoms with E-state index in [9.17, 15) is 4.39 Å². The summed E-state index contributed by atoms with van der Waals surface area (Å²) in [7, 11) is 0.